The van der Waals surface area contributed by atoms with E-state index in [4.69, 9.17) is 5.11 Å². The molecule has 1 N–H and O–H groups in total. The molecule has 6 nitrogen and oxygen atoms in total. The lowest BCUT2D eigenvalue weighted by Crippen LogP contribution is -2.34. The second-order valence-corrected chi connectivity index (χ2v) is 7.41. The predicted molar refractivity (Wildman–Crippen MR) is 102 cm³/mol. The lowest BCUT2D eigenvalue weighted by molar-refractivity contribution is 0.164. The highest BCUT2D eigenvalue weighted by atomic mass is 16.3. The Morgan fingerprint density at radius 3 is 2.77 bits per heavy atom. The van der Waals surface area contributed by atoms with Crippen LogP contribution in [-0.2, 0) is 26.6 Å². The number of benzene rings is 1. The molecule has 1 fully saturated rings. The standard InChI is InChI=1S/C20H27N5O/c1-23-13-17(19-4-2-3-5-20(19)23)14-24-9-6-16(7-10-24)12-25-15-18(8-11-26)21-22-25/h2-5,13,15-16,26H,6-12,14H2,1H3. The number of rotatable bonds is 6. The number of piperidine rings is 1. The summed E-state index contributed by atoms with van der Waals surface area (Å²) in [6.07, 6.45) is 7.22. The van der Waals surface area contributed by atoms with Crippen molar-refractivity contribution in [2.45, 2.75) is 32.4 Å². The van der Waals surface area contributed by atoms with Gasteiger partial charge in [0.15, 0.2) is 0 Å². The van der Waals surface area contributed by atoms with Gasteiger partial charge in [0, 0.05) is 56.5 Å². The van der Waals surface area contributed by atoms with Gasteiger partial charge in [-0.25, -0.2) is 0 Å². The van der Waals surface area contributed by atoms with Gasteiger partial charge in [0.25, 0.3) is 0 Å². The van der Waals surface area contributed by atoms with E-state index >= 15 is 0 Å². The van der Waals surface area contributed by atoms with Crippen LogP contribution in [-0.4, -0.2) is 49.3 Å². The van der Waals surface area contributed by atoms with E-state index < -0.39 is 0 Å². The summed E-state index contributed by atoms with van der Waals surface area (Å²) in [5.74, 6) is 0.655. The van der Waals surface area contributed by atoms with E-state index in [1.54, 1.807) is 0 Å². The number of fused-ring (bicyclic) bond motifs is 1. The molecule has 1 aliphatic rings. The van der Waals surface area contributed by atoms with Gasteiger partial charge in [-0.3, -0.25) is 9.58 Å². The fourth-order valence-electron chi connectivity index (χ4n) is 4.04. The molecule has 0 saturated carbocycles. The fraction of sp³-hybridized carbons (Fsp3) is 0.500. The minimum Gasteiger partial charge on any atom is -0.396 e. The molecule has 3 aromatic rings. The second kappa shape index (κ2) is 7.60. The summed E-state index contributed by atoms with van der Waals surface area (Å²) in [4.78, 5) is 2.57. The van der Waals surface area contributed by atoms with Crippen molar-refractivity contribution in [3.05, 3.63) is 47.9 Å². The van der Waals surface area contributed by atoms with Crippen LogP contribution in [0.5, 0.6) is 0 Å². The molecule has 0 radical (unpaired) electrons. The summed E-state index contributed by atoms with van der Waals surface area (Å²) in [6, 6.07) is 8.65. The van der Waals surface area contributed by atoms with Crippen LogP contribution in [0.4, 0.5) is 0 Å². The number of aliphatic hydroxyl groups is 1. The Labute approximate surface area is 154 Å². The zero-order valence-electron chi connectivity index (χ0n) is 15.4. The maximum absolute atomic E-state index is 8.98. The van der Waals surface area contributed by atoms with E-state index in [-0.39, 0.29) is 6.61 Å². The molecule has 3 heterocycles. The third-order valence-electron chi connectivity index (χ3n) is 5.48. The molecule has 0 atom stereocenters. The molecule has 138 valence electrons. The molecule has 4 rings (SSSR count). The van der Waals surface area contributed by atoms with Crippen molar-refractivity contribution >= 4 is 10.9 Å². The van der Waals surface area contributed by atoms with E-state index in [0.717, 1.165) is 31.9 Å². The van der Waals surface area contributed by atoms with E-state index in [2.05, 4.69) is 57.3 Å². The maximum Gasteiger partial charge on any atom is 0.0849 e. The first kappa shape index (κ1) is 17.2. The number of para-hydroxylation sites is 1. The first-order valence-electron chi connectivity index (χ1n) is 9.48. The second-order valence-electron chi connectivity index (χ2n) is 7.41. The molecule has 6 heteroatoms. The maximum atomic E-state index is 8.98. The summed E-state index contributed by atoms with van der Waals surface area (Å²) in [7, 11) is 2.13. The van der Waals surface area contributed by atoms with Crippen LogP contribution < -0.4 is 0 Å². The quantitative estimate of drug-likeness (QED) is 0.738. The largest absolute Gasteiger partial charge is 0.396 e. The Morgan fingerprint density at radius 1 is 1.15 bits per heavy atom. The van der Waals surface area contributed by atoms with Crippen molar-refractivity contribution in [1.82, 2.24) is 24.5 Å². The topological polar surface area (TPSA) is 59.1 Å². The van der Waals surface area contributed by atoms with Crippen LogP contribution >= 0.6 is 0 Å². The summed E-state index contributed by atoms with van der Waals surface area (Å²) < 4.78 is 4.17. The summed E-state index contributed by atoms with van der Waals surface area (Å²) in [5.41, 5.74) is 3.61. The van der Waals surface area contributed by atoms with E-state index in [1.807, 2.05) is 10.9 Å². The first-order valence-corrected chi connectivity index (χ1v) is 9.48. The molecule has 0 spiro atoms. The van der Waals surface area contributed by atoms with E-state index in [9.17, 15) is 0 Å². The lowest BCUT2D eigenvalue weighted by Gasteiger charge is -2.31. The van der Waals surface area contributed by atoms with E-state index in [1.165, 1.54) is 29.3 Å². The minimum absolute atomic E-state index is 0.130. The van der Waals surface area contributed by atoms with Gasteiger partial charge in [-0.2, -0.15) is 0 Å². The average Bonchev–Trinajstić information content (AvgIpc) is 3.22. The Hall–Kier alpha value is -2.18. The molecule has 1 aliphatic heterocycles. The molecule has 0 aliphatic carbocycles. The van der Waals surface area contributed by atoms with Crippen LogP contribution in [0.25, 0.3) is 10.9 Å². The Balaban J connectivity index is 1.33. The highest BCUT2D eigenvalue weighted by Gasteiger charge is 2.21. The zero-order valence-corrected chi connectivity index (χ0v) is 15.4. The molecule has 0 bridgehead atoms. The highest BCUT2D eigenvalue weighted by Crippen LogP contribution is 2.25. The number of nitrogens with zero attached hydrogens (tertiary/aromatic N) is 5. The lowest BCUT2D eigenvalue weighted by atomic mass is 9.96. The predicted octanol–water partition coefficient (Wildman–Crippen LogP) is 2.22. The van der Waals surface area contributed by atoms with Crippen molar-refractivity contribution in [3.63, 3.8) is 0 Å². The van der Waals surface area contributed by atoms with Crippen LogP contribution in [0.1, 0.15) is 24.1 Å². The highest BCUT2D eigenvalue weighted by molar-refractivity contribution is 5.83. The Kier molecular flexibility index (Phi) is 5.04. The van der Waals surface area contributed by atoms with Crippen LogP contribution in [0.3, 0.4) is 0 Å². The van der Waals surface area contributed by atoms with Crippen molar-refractivity contribution in [2.24, 2.45) is 13.0 Å². The van der Waals surface area contributed by atoms with Gasteiger partial charge in [-0.15, -0.1) is 5.10 Å². The number of hydrogen-bond acceptors (Lipinski definition) is 4. The van der Waals surface area contributed by atoms with Gasteiger partial charge >= 0.3 is 0 Å². The molecule has 2 aromatic heterocycles. The monoisotopic (exact) mass is 353 g/mol. The SMILES string of the molecule is Cn1cc(CN2CCC(Cn3cc(CCO)nn3)CC2)c2ccccc21. The van der Waals surface area contributed by atoms with E-state index in [0.29, 0.717) is 12.3 Å². The molecule has 1 aromatic carbocycles. The summed E-state index contributed by atoms with van der Waals surface area (Å²) in [6.45, 7) is 4.35. The molecular formula is C20H27N5O. The smallest absolute Gasteiger partial charge is 0.0849 e. The number of likely N-dealkylation sites (tertiary alicyclic amines) is 1. The van der Waals surface area contributed by atoms with Gasteiger partial charge in [0.1, 0.15) is 0 Å². The van der Waals surface area contributed by atoms with Crippen LogP contribution in [0, 0.1) is 5.92 Å². The zero-order chi connectivity index (χ0) is 17.9. The normalized spacial score (nSPS) is 16.5. The van der Waals surface area contributed by atoms with Gasteiger partial charge in [0.05, 0.1) is 5.69 Å². The van der Waals surface area contributed by atoms with Gasteiger partial charge in [0.2, 0.25) is 0 Å². The van der Waals surface area contributed by atoms with Crippen molar-refractivity contribution in [1.29, 1.82) is 0 Å². The third-order valence-corrected chi connectivity index (χ3v) is 5.48. The van der Waals surface area contributed by atoms with Gasteiger partial charge in [-0.1, -0.05) is 23.4 Å². The van der Waals surface area contributed by atoms with Gasteiger partial charge in [-0.05, 0) is 43.5 Å². The number of aliphatic hydroxyl groups excluding tert-OH is 1. The van der Waals surface area contributed by atoms with Crippen LogP contribution in [0.2, 0.25) is 0 Å². The van der Waals surface area contributed by atoms with Crippen LogP contribution in [0.15, 0.2) is 36.7 Å². The molecular weight excluding hydrogens is 326 g/mol. The average molecular weight is 353 g/mol. The molecule has 26 heavy (non-hydrogen) atoms. The fourth-order valence-corrected chi connectivity index (χ4v) is 4.04. The summed E-state index contributed by atoms with van der Waals surface area (Å²) >= 11 is 0. The van der Waals surface area contributed by atoms with Crippen molar-refractivity contribution < 1.29 is 5.11 Å². The van der Waals surface area contributed by atoms with Crippen molar-refractivity contribution in [3.8, 4) is 0 Å². The number of aromatic nitrogens is 4. The third kappa shape index (κ3) is 3.66. The Bertz CT molecular complexity index is 860. The minimum atomic E-state index is 0.130. The molecule has 0 unspecified atom stereocenters. The Morgan fingerprint density at radius 2 is 1.96 bits per heavy atom. The van der Waals surface area contributed by atoms with Crippen molar-refractivity contribution in [2.75, 3.05) is 19.7 Å². The molecule has 0 amide bonds. The summed E-state index contributed by atoms with van der Waals surface area (Å²) in [5, 5.41) is 18.7. The number of aryl methyl sites for hydroxylation is 1. The first-order chi connectivity index (χ1) is 12.7. The van der Waals surface area contributed by atoms with Gasteiger partial charge < -0.3 is 9.67 Å². The molecule has 1 saturated heterocycles. The number of hydrogen-bond donors (Lipinski definition) is 1.